The van der Waals surface area contributed by atoms with Gasteiger partial charge in [-0.15, -0.1) is 0 Å². The van der Waals surface area contributed by atoms with Gasteiger partial charge in [0.15, 0.2) is 0 Å². The number of benzene rings is 1. The summed E-state index contributed by atoms with van der Waals surface area (Å²) in [5.74, 6) is 0.668. The van der Waals surface area contributed by atoms with E-state index in [4.69, 9.17) is 9.47 Å². The highest BCUT2D eigenvalue weighted by Gasteiger charge is 2.38. The van der Waals surface area contributed by atoms with E-state index < -0.39 is 0 Å². The molecule has 27 heavy (non-hydrogen) atoms. The molecular weight excluding hydrogens is 344 g/mol. The summed E-state index contributed by atoms with van der Waals surface area (Å²) in [6.07, 6.45) is 1.04. The molecule has 6 heteroatoms. The van der Waals surface area contributed by atoms with Gasteiger partial charge in [0.25, 0.3) is 0 Å². The van der Waals surface area contributed by atoms with E-state index in [-0.39, 0.29) is 35.1 Å². The normalized spacial score (nSPS) is 17.8. The van der Waals surface area contributed by atoms with E-state index in [0.717, 1.165) is 6.42 Å². The Kier molecular flexibility index (Phi) is 6.07. The van der Waals surface area contributed by atoms with Gasteiger partial charge in [0.05, 0.1) is 25.8 Å². The molecule has 1 aliphatic rings. The van der Waals surface area contributed by atoms with Crippen molar-refractivity contribution < 1.29 is 19.1 Å². The second kappa shape index (κ2) is 7.79. The Balaban J connectivity index is 2.14. The van der Waals surface area contributed by atoms with Crippen LogP contribution in [0.2, 0.25) is 0 Å². The lowest BCUT2D eigenvalue weighted by molar-refractivity contribution is -0.128. The Morgan fingerprint density at radius 3 is 2.41 bits per heavy atom. The van der Waals surface area contributed by atoms with E-state index in [9.17, 15) is 9.59 Å². The molecule has 0 unspecified atom stereocenters. The highest BCUT2D eigenvalue weighted by Crippen LogP contribution is 2.36. The van der Waals surface area contributed by atoms with Crippen molar-refractivity contribution in [1.29, 1.82) is 0 Å². The van der Waals surface area contributed by atoms with E-state index in [2.05, 4.69) is 26.1 Å². The largest absolute Gasteiger partial charge is 0.497 e. The van der Waals surface area contributed by atoms with Crippen LogP contribution in [0.3, 0.4) is 0 Å². The zero-order chi connectivity index (χ0) is 20.4. The van der Waals surface area contributed by atoms with E-state index >= 15 is 0 Å². The van der Waals surface area contributed by atoms with Crippen LogP contribution in [0.1, 0.15) is 47.5 Å². The van der Waals surface area contributed by atoms with Gasteiger partial charge in [-0.05, 0) is 37.8 Å². The van der Waals surface area contributed by atoms with E-state index in [1.807, 2.05) is 13.8 Å². The maximum Gasteiger partial charge on any atom is 0.227 e. The summed E-state index contributed by atoms with van der Waals surface area (Å²) < 4.78 is 10.6. The van der Waals surface area contributed by atoms with Crippen LogP contribution in [-0.2, 0) is 9.59 Å². The molecule has 6 nitrogen and oxygen atoms in total. The molecule has 0 aliphatic carbocycles. The third-order valence-electron chi connectivity index (χ3n) is 4.61. The smallest absolute Gasteiger partial charge is 0.227 e. The average molecular weight is 376 g/mol. The second-order valence-electron chi connectivity index (χ2n) is 9.05. The van der Waals surface area contributed by atoms with E-state index in [1.54, 1.807) is 37.3 Å². The Labute approximate surface area is 162 Å². The number of anilines is 1. The molecule has 0 saturated carbocycles. The molecule has 2 amide bonds. The fraction of sp³-hybridized carbons (Fsp3) is 0.619. The number of carbonyl (C=O) groups excluding carboxylic acids is 2. The zero-order valence-electron chi connectivity index (χ0n) is 17.5. The van der Waals surface area contributed by atoms with Crippen molar-refractivity contribution in [2.75, 3.05) is 25.7 Å². The summed E-state index contributed by atoms with van der Waals surface area (Å²) in [5, 5.41) is 3.12. The standard InChI is InChI=1S/C21H32N2O4/c1-20(2,3)13-21(4,5)22-19(25)14-10-18(24)23(12-14)16-11-15(26-6)8-9-17(16)27-7/h8-9,11,14H,10,12-13H2,1-7H3,(H,22,25)/t14-/m0/s1. The van der Waals surface area contributed by atoms with Gasteiger partial charge in [-0.1, -0.05) is 20.8 Å². The summed E-state index contributed by atoms with van der Waals surface area (Å²) in [6.45, 7) is 10.8. The molecule has 1 aromatic carbocycles. The SMILES string of the molecule is COc1ccc(OC)c(N2C[C@@H](C(=O)NC(C)(C)CC(C)(C)C)CC2=O)c1. The molecule has 0 bridgehead atoms. The molecule has 150 valence electrons. The molecule has 1 N–H and O–H groups in total. The first kappa shape index (κ1) is 21.1. The molecule has 0 aromatic heterocycles. The molecule has 1 saturated heterocycles. The number of carbonyl (C=O) groups is 2. The van der Waals surface area contributed by atoms with Crippen molar-refractivity contribution in [3.05, 3.63) is 18.2 Å². The lowest BCUT2D eigenvalue weighted by atomic mass is 9.81. The lowest BCUT2D eigenvalue weighted by Gasteiger charge is -2.34. The number of hydrogen-bond acceptors (Lipinski definition) is 4. The molecule has 1 aliphatic heterocycles. The number of rotatable bonds is 6. The van der Waals surface area contributed by atoms with Crippen molar-refractivity contribution in [2.24, 2.45) is 11.3 Å². The number of hydrogen-bond donors (Lipinski definition) is 1. The Morgan fingerprint density at radius 2 is 1.85 bits per heavy atom. The number of amides is 2. The van der Waals surface area contributed by atoms with Crippen LogP contribution in [-0.4, -0.2) is 38.1 Å². The fourth-order valence-corrected chi connectivity index (χ4v) is 3.93. The summed E-state index contributed by atoms with van der Waals surface area (Å²) in [5.41, 5.74) is 0.396. The van der Waals surface area contributed by atoms with Crippen LogP contribution in [0.15, 0.2) is 18.2 Å². The predicted molar refractivity (Wildman–Crippen MR) is 106 cm³/mol. The van der Waals surface area contributed by atoms with Crippen LogP contribution in [0.4, 0.5) is 5.69 Å². The third kappa shape index (κ3) is 5.37. The second-order valence-corrected chi connectivity index (χ2v) is 9.05. The topological polar surface area (TPSA) is 67.9 Å². The molecular formula is C21H32N2O4. The molecule has 0 radical (unpaired) electrons. The van der Waals surface area contributed by atoms with Crippen LogP contribution >= 0.6 is 0 Å². The van der Waals surface area contributed by atoms with Crippen LogP contribution in [0, 0.1) is 11.3 Å². The van der Waals surface area contributed by atoms with Crippen molar-refractivity contribution in [3.8, 4) is 11.5 Å². The highest BCUT2D eigenvalue weighted by molar-refractivity contribution is 6.01. The van der Waals surface area contributed by atoms with Gasteiger partial charge < -0.3 is 19.7 Å². The van der Waals surface area contributed by atoms with Crippen molar-refractivity contribution in [2.45, 2.75) is 53.0 Å². The lowest BCUT2D eigenvalue weighted by Crippen LogP contribution is -2.48. The first-order chi connectivity index (χ1) is 12.5. The molecule has 1 fully saturated rings. The third-order valence-corrected chi connectivity index (χ3v) is 4.61. The van der Waals surface area contributed by atoms with Gasteiger partial charge in [0.1, 0.15) is 11.5 Å². The monoisotopic (exact) mass is 376 g/mol. The van der Waals surface area contributed by atoms with Crippen molar-refractivity contribution in [1.82, 2.24) is 5.32 Å². The average Bonchev–Trinajstić information content (AvgIpc) is 2.93. The highest BCUT2D eigenvalue weighted by atomic mass is 16.5. The maximum absolute atomic E-state index is 12.8. The van der Waals surface area contributed by atoms with Crippen molar-refractivity contribution >= 4 is 17.5 Å². The quantitative estimate of drug-likeness (QED) is 0.826. The molecule has 1 atom stereocenters. The molecule has 2 rings (SSSR count). The van der Waals surface area contributed by atoms with E-state index in [0.29, 0.717) is 23.7 Å². The van der Waals surface area contributed by atoms with Crippen LogP contribution in [0.5, 0.6) is 11.5 Å². The zero-order valence-corrected chi connectivity index (χ0v) is 17.5. The number of nitrogens with zero attached hydrogens (tertiary/aromatic N) is 1. The maximum atomic E-state index is 12.8. The summed E-state index contributed by atoms with van der Waals surface area (Å²) >= 11 is 0. The summed E-state index contributed by atoms with van der Waals surface area (Å²) in [6, 6.07) is 5.31. The predicted octanol–water partition coefficient (Wildman–Crippen LogP) is 3.39. The fourth-order valence-electron chi connectivity index (χ4n) is 3.93. The first-order valence-corrected chi connectivity index (χ1v) is 9.30. The minimum atomic E-state index is -0.382. The molecule has 0 spiro atoms. The number of nitrogens with one attached hydrogen (secondary N) is 1. The van der Waals surface area contributed by atoms with Gasteiger partial charge >= 0.3 is 0 Å². The van der Waals surface area contributed by atoms with Gasteiger partial charge in [-0.25, -0.2) is 0 Å². The van der Waals surface area contributed by atoms with Gasteiger partial charge in [0, 0.05) is 24.6 Å². The van der Waals surface area contributed by atoms with Gasteiger partial charge in [-0.2, -0.15) is 0 Å². The Bertz CT molecular complexity index is 707. The Morgan fingerprint density at radius 1 is 1.19 bits per heavy atom. The first-order valence-electron chi connectivity index (χ1n) is 9.30. The minimum Gasteiger partial charge on any atom is -0.497 e. The summed E-state index contributed by atoms with van der Waals surface area (Å²) in [4.78, 5) is 27.0. The van der Waals surface area contributed by atoms with Gasteiger partial charge in [-0.3, -0.25) is 9.59 Å². The number of methoxy groups -OCH3 is 2. The molecule has 1 aromatic rings. The Hall–Kier alpha value is -2.24. The summed E-state index contributed by atoms with van der Waals surface area (Å²) in [7, 11) is 3.13. The van der Waals surface area contributed by atoms with Gasteiger partial charge in [0.2, 0.25) is 11.8 Å². The van der Waals surface area contributed by atoms with E-state index in [1.165, 1.54) is 0 Å². The van der Waals surface area contributed by atoms with Crippen LogP contribution in [0.25, 0.3) is 0 Å². The minimum absolute atomic E-state index is 0.0815. The van der Waals surface area contributed by atoms with Crippen molar-refractivity contribution in [3.63, 3.8) is 0 Å². The number of ether oxygens (including phenoxy) is 2. The molecule has 1 heterocycles. The van der Waals surface area contributed by atoms with Crippen LogP contribution < -0.4 is 19.7 Å².